The summed E-state index contributed by atoms with van der Waals surface area (Å²) < 4.78 is 4.63. The van der Waals surface area contributed by atoms with Gasteiger partial charge < -0.3 is 10.1 Å². The molecule has 2 aromatic carbocycles. The Labute approximate surface area is 140 Å². The number of amides is 1. The highest BCUT2D eigenvalue weighted by atomic mass is 35.5. The first-order valence-corrected chi connectivity index (χ1v) is 7.69. The highest BCUT2D eigenvalue weighted by molar-refractivity contribution is 6.30. The Kier molecular flexibility index (Phi) is 6.18. The van der Waals surface area contributed by atoms with Crippen LogP contribution >= 0.6 is 11.6 Å². The van der Waals surface area contributed by atoms with Crippen molar-refractivity contribution in [2.45, 2.75) is 19.3 Å². The van der Waals surface area contributed by atoms with Gasteiger partial charge in [-0.05, 0) is 54.8 Å². The number of nitrogens with one attached hydrogen (secondary N) is 1. The fraction of sp³-hybridized carbons (Fsp3) is 0.222. The van der Waals surface area contributed by atoms with Crippen molar-refractivity contribution in [3.8, 4) is 0 Å². The van der Waals surface area contributed by atoms with Crippen LogP contribution in [0, 0.1) is 0 Å². The summed E-state index contributed by atoms with van der Waals surface area (Å²) in [6.07, 6.45) is 2.01. The van der Waals surface area contributed by atoms with Crippen molar-refractivity contribution in [1.29, 1.82) is 0 Å². The van der Waals surface area contributed by atoms with E-state index in [2.05, 4.69) is 10.1 Å². The van der Waals surface area contributed by atoms with Crippen LogP contribution in [0.25, 0.3) is 0 Å². The molecule has 0 atom stereocenters. The molecule has 1 amide bonds. The largest absolute Gasteiger partial charge is 0.465 e. The molecule has 0 radical (unpaired) electrons. The van der Waals surface area contributed by atoms with E-state index in [-0.39, 0.29) is 5.91 Å². The summed E-state index contributed by atoms with van der Waals surface area (Å²) in [6, 6.07) is 14.2. The highest BCUT2D eigenvalue weighted by Crippen LogP contribution is 2.13. The first-order valence-electron chi connectivity index (χ1n) is 7.31. The van der Waals surface area contributed by atoms with E-state index in [9.17, 15) is 9.59 Å². The monoisotopic (exact) mass is 331 g/mol. The third-order valence-electron chi connectivity index (χ3n) is 3.37. The van der Waals surface area contributed by atoms with Gasteiger partial charge in [0.1, 0.15) is 0 Å². The van der Waals surface area contributed by atoms with Crippen molar-refractivity contribution in [2.24, 2.45) is 0 Å². The van der Waals surface area contributed by atoms with Crippen molar-refractivity contribution < 1.29 is 14.3 Å². The lowest BCUT2D eigenvalue weighted by atomic mass is 10.1. The second kappa shape index (κ2) is 8.34. The molecule has 0 unspecified atom stereocenters. The average molecular weight is 332 g/mol. The summed E-state index contributed by atoms with van der Waals surface area (Å²) in [7, 11) is 1.33. The zero-order chi connectivity index (χ0) is 16.7. The number of hydrogen-bond donors (Lipinski definition) is 1. The van der Waals surface area contributed by atoms with Gasteiger partial charge in [0.25, 0.3) is 0 Å². The number of esters is 1. The fourth-order valence-corrected chi connectivity index (χ4v) is 2.26. The van der Waals surface area contributed by atoms with Crippen LogP contribution in [-0.4, -0.2) is 19.0 Å². The number of benzene rings is 2. The topological polar surface area (TPSA) is 55.4 Å². The summed E-state index contributed by atoms with van der Waals surface area (Å²) in [5.74, 6) is -0.448. The zero-order valence-corrected chi connectivity index (χ0v) is 13.6. The van der Waals surface area contributed by atoms with Crippen LogP contribution in [0.5, 0.6) is 0 Å². The molecule has 0 spiro atoms. The molecular weight excluding hydrogens is 314 g/mol. The number of anilines is 1. The molecular formula is C18H18ClNO3. The molecule has 0 aromatic heterocycles. The summed E-state index contributed by atoms with van der Waals surface area (Å²) in [4.78, 5) is 23.2. The van der Waals surface area contributed by atoms with E-state index in [1.165, 1.54) is 7.11 Å². The summed E-state index contributed by atoms with van der Waals surface area (Å²) in [5, 5.41) is 3.52. The van der Waals surface area contributed by atoms with Crippen molar-refractivity contribution in [2.75, 3.05) is 12.4 Å². The van der Waals surface area contributed by atoms with Crippen LogP contribution in [0.15, 0.2) is 48.5 Å². The molecule has 23 heavy (non-hydrogen) atoms. The summed E-state index contributed by atoms with van der Waals surface area (Å²) in [6.45, 7) is 0. The number of carbonyl (C=O) groups excluding carboxylic acids is 2. The van der Waals surface area contributed by atoms with Crippen molar-refractivity contribution in [3.05, 3.63) is 64.7 Å². The molecule has 0 saturated heterocycles. The second-order valence-corrected chi connectivity index (χ2v) is 5.53. The zero-order valence-electron chi connectivity index (χ0n) is 12.8. The van der Waals surface area contributed by atoms with Gasteiger partial charge in [0, 0.05) is 17.1 Å². The first kappa shape index (κ1) is 17.0. The lowest BCUT2D eigenvalue weighted by Crippen LogP contribution is -2.11. The molecule has 0 aliphatic carbocycles. The molecule has 0 heterocycles. The van der Waals surface area contributed by atoms with Gasteiger partial charge in [-0.2, -0.15) is 0 Å². The Morgan fingerprint density at radius 3 is 2.30 bits per heavy atom. The van der Waals surface area contributed by atoms with E-state index >= 15 is 0 Å². The van der Waals surface area contributed by atoms with Crippen LogP contribution in [0.1, 0.15) is 28.8 Å². The van der Waals surface area contributed by atoms with E-state index in [4.69, 9.17) is 11.6 Å². The molecule has 0 fully saturated rings. The van der Waals surface area contributed by atoms with E-state index in [0.717, 1.165) is 18.4 Å². The van der Waals surface area contributed by atoms with Crippen LogP contribution in [0.2, 0.25) is 5.02 Å². The molecule has 2 rings (SSSR count). The number of methoxy groups -OCH3 is 1. The van der Waals surface area contributed by atoms with Crippen LogP contribution in [-0.2, 0) is 16.0 Å². The number of halogens is 1. The Morgan fingerprint density at radius 1 is 1.04 bits per heavy atom. The Morgan fingerprint density at radius 2 is 1.70 bits per heavy atom. The SMILES string of the molecule is COC(=O)c1ccc(NC(=O)CCCc2ccc(Cl)cc2)cc1. The smallest absolute Gasteiger partial charge is 0.337 e. The number of rotatable bonds is 6. The predicted molar refractivity (Wildman–Crippen MR) is 90.8 cm³/mol. The second-order valence-electron chi connectivity index (χ2n) is 5.10. The molecule has 0 bridgehead atoms. The van der Waals surface area contributed by atoms with Gasteiger partial charge in [-0.15, -0.1) is 0 Å². The molecule has 0 aliphatic heterocycles. The lowest BCUT2D eigenvalue weighted by molar-refractivity contribution is -0.116. The fourth-order valence-electron chi connectivity index (χ4n) is 2.14. The number of aryl methyl sites for hydroxylation is 1. The van der Waals surface area contributed by atoms with E-state index in [1.54, 1.807) is 24.3 Å². The minimum atomic E-state index is -0.397. The lowest BCUT2D eigenvalue weighted by Gasteiger charge is -2.06. The predicted octanol–water partition coefficient (Wildman–Crippen LogP) is 4.09. The molecule has 2 aromatic rings. The maximum Gasteiger partial charge on any atom is 0.337 e. The van der Waals surface area contributed by atoms with E-state index in [0.29, 0.717) is 22.7 Å². The van der Waals surface area contributed by atoms with Gasteiger partial charge in [-0.1, -0.05) is 23.7 Å². The Bertz CT molecular complexity index is 666. The van der Waals surface area contributed by atoms with Crippen molar-refractivity contribution in [3.63, 3.8) is 0 Å². The average Bonchev–Trinajstić information content (AvgIpc) is 2.56. The van der Waals surface area contributed by atoms with Gasteiger partial charge >= 0.3 is 5.97 Å². The highest BCUT2D eigenvalue weighted by Gasteiger charge is 2.06. The third-order valence-corrected chi connectivity index (χ3v) is 3.62. The molecule has 0 saturated carbocycles. The summed E-state index contributed by atoms with van der Waals surface area (Å²) in [5.41, 5.74) is 2.27. The Balaban J connectivity index is 1.78. The van der Waals surface area contributed by atoms with Gasteiger partial charge in [-0.25, -0.2) is 4.79 Å². The van der Waals surface area contributed by atoms with Gasteiger partial charge in [0.2, 0.25) is 5.91 Å². The first-order chi connectivity index (χ1) is 11.1. The molecule has 4 nitrogen and oxygen atoms in total. The number of hydrogen-bond acceptors (Lipinski definition) is 3. The standard InChI is InChI=1S/C18H18ClNO3/c1-23-18(22)14-7-11-16(12-8-14)20-17(21)4-2-3-13-5-9-15(19)10-6-13/h5-12H,2-4H2,1H3,(H,20,21). The van der Waals surface area contributed by atoms with Crippen molar-refractivity contribution in [1.82, 2.24) is 0 Å². The molecule has 0 aliphatic rings. The maximum absolute atomic E-state index is 11.9. The molecule has 1 N–H and O–H groups in total. The normalized spacial score (nSPS) is 10.2. The third kappa shape index (κ3) is 5.42. The maximum atomic E-state index is 11.9. The number of ether oxygens (including phenoxy) is 1. The summed E-state index contributed by atoms with van der Waals surface area (Å²) >= 11 is 5.83. The molecule has 120 valence electrons. The van der Waals surface area contributed by atoms with Crippen LogP contribution in [0.3, 0.4) is 0 Å². The van der Waals surface area contributed by atoms with E-state index < -0.39 is 5.97 Å². The quantitative estimate of drug-likeness (QED) is 0.811. The molecule has 5 heteroatoms. The minimum absolute atomic E-state index is 0.0511. The minimum Gasteiger partial charge on any atom is -0.465 e. The van der Waals surface area contributed by atoms with Crippen LogP contribution in [0.4, 0.5) is 5.69 Å². The number of carbonyl (C=O) groups is 2. The van der Waals surface area contributed by atoms with Gasteiger partial charge in [0.15, 0.2) is 0 Å². The van der Waals surface area contributed by atoms with Crippen molar-refractivity contribution >= 4 is 29.2 Å². The van der Waals surface area contributed by atoms with Gasteiger partial charge in [-0.3, -0.25) is 4.79 Å². The Hall–Kier alpha value is -2.33. The van der Waals surface area contributed by atoms with Gasteiger partial charge in [0.05, 0.1) is 12.7 Å². The van der Waals surface area contributed by atoms with E-state index in [1.807, 2.05) is 24.3 Å². The van der Waals surface area contributed by atoms with Crippen LogP contribution < -0.4 is 5.32 Å².